The molecule has 2 fully saturated rings. The van der Waals surface area contributed by atoms with E-state index in [0.717, 1.165) is 51.5 Å². The summed E-state index contributed by atoms with van der Waals surface area (Å²) >= 11 is 0. The Morgan fingerprint density at radius 3 is 2.53 bits per heavy atom. The average Bonchev–Trinajstić information content (AvgIpc) is 3.55. The highest BCUT2D eigenvalue weighted by molar-refractivity contribution is 6.07. The SMILES string of the molecule is C[C@@]1(c2ccc3c(c2)OCO3)NC(=O)N(CN2CCN(Cc3ccc4c(c3)CCO4)CC2)C1=O. The van der Waals surface area contributed by atoms with Gasteiger partial charge in [-0.15, -0.1) is 0 Å². The van der Waals surface area contributed by atoms with Crippen LogP contribution < -0.4 is 19.5 Å². The van der Waals surface area contributed by atoms with Crippen LogP contribution in [0.5, 0.6) is 17.2 Å². The van der Waals surface area contributed by atoms with Crippen LogP contribution in [-0.2, 0) is 23.3 Å². The van der Waals surface area contributed by atoms with E-state index in [1.807, 2.05) is 0 Å². The number of piperazine rings is 1. The van der Waals surface area contributed by atoms with Gasteiger partial charge in [-0.1, -0.05) is 18.2 Å². The van der Waals surface area contributed by atoms with Crippen LogP contribution >= 0.6 is 0 Å². The lowest BCUT2D eigenvalue weighted by atomic mass is 9.92. The molecule has 9 heteroatoms. The zero-order valence-corrected chi connectivity index (χ0v) is 19.2. The Labute approximate surface area is 198 Å². The van der Waals surface area contributed by atoms with Crippen LogP contribution in [-0.4, -0.2) is 72.9 Å². The summed E-state index contributed by atoms with van der Waals surface area (Å²) in [7, 11) is 0. The van der Waals surface area contributed by atoms with Crippen molar-refractivity contribution >= 4 is 11.9 Å². The zero-order chi connectivity index (χ0) is 23.3. The fourth-order valence-electron chi connectivity index (χ4n) is 5.11. The Morgan fingerprint density at radius 1 is 0.912 bits per heavy atom. The topological polar surface area (TPSA) is 83.6 Å². The van der Waals surface area contributed by atoms with Gasteiger partial charge < -0.3 is 19.5 Å². The van der Waals surface area contributed by atoms with E-state index in [9.17, 15) is 9.59 Å². The minimum absolute atomic E-state index is 0.162. The Kier molecular flexibility index (Phi) is 5.11. The maximum Gasteiger partial charge on any atom is 0.326 e. The van der Waals surface area contributed by atoms with Gasteiger partial charge in [0, 0.05) is 39.1 Å². The highest BCUT2D eigenvalue weighted by Crippen LogP contribution is 2.38. The molecular formula is C25H28N4O5. The molecular weight excluding hydrogens is 436 g/mol. The number of nitrogens with zero attached hydrogens (tertiary/aromatic N) is 3. The third kappa shape index (κ3) is 3.65. The summed E-state index contributed by atoms with van der Waals surface area (Å²) in [5, 5.41) is 2.88. The van der Waals surface area contributed by atoms with E-state index in [2.05, 4.69) is 33.3 Å². The van der Waals surface area contributed by atoms with Crippen molar-refractivity contribution in [2.24, 2.45) is 0 Å². The van der Waals surface area contributed by atoms with Crippen LogP contribution in [0.25, 0.3) is 0 Å². The van der Waals surface area contributed by atoms with Crippen LogP contribution in [0.1, 0.15) is 23.6 Å². The predicted molar refractivity (Wildman–Crippen MR) is 123 cm³/mol. The van der Waals surface area contributed by atoms with E-state index in [1.165, 1.54) is 16.0 Å². The van der Waals surface area contributed by atoms with Gasteiger partial charge in [-0.25, -0.2) is 9.69 Å². The van der Waals surface area contributed by atoms with Crippen LogP contribution in [0.3, 0.4) is 0 Å². The van der Waals surface area contributed by atoms with Gasteiger partial charge in [0.05, 0.1) is 13.3 Å². The van der Waals surface area contributed by atoms with E-state index >= 15 is 0 Å². The monoisotopic (exact) mass is 464 g/mol. The van der Waals surface area contributed by atoms with Gasteiger partial charge in [0.25, 0.3) is 5.91 Å². The first-order valence-corrected chi connectivity index (χ1v) is 11.7. The van der Waals surface area contributed by atoms with Gasteiger partial charge in [0.15, 0.2) is 11.5 Å². The summed E-state index contributed by atoms with van der Waals surface area (Å²) in [6.45, 7) is 7.22. The van der Waals surface area contributed by atoms with Crippen molar-refractivity contribution in [3.63, 3.8) is 0 Å². The van der Waals surface area contributed by atoms with Gasteiger partial charge in [-0.3, -0.25) is 14.6 Å². The summed E-state index contributed by atoms with van der Waals surface area (Å²) in [4.78, 5) is 32.0. The number of carbonyl (C=O) groups excluding carboxylic acids is 2. The Morgan fingerprint density at radius 2 is 1.68 bits per heavy atom. The first kappa shape index (κ1) is 21.2. The maximum absolute atomic E-state index is 13.3. The summed E-state index contributed by atoms with van der Waals surface area (Å²) in [6.07, 6.45) is 0.980. The summed E-state index contributed by atoms with van der Waals surface area (Å²) in [6, 6.07) is 11.4. The molecule has 1 atom stereocenters. The van der Waals surface area contributed by atoms with Gasteiger partial charge in [-0.2, -0.15) is 0 Å². The zero-order valence-electron chi connectivity index (χ0n) is 19.2. The molecule has 6 rings (SSSR count). The van der Waals surface area contributed by atoms with E-state index in [0.29, 0.717) is 17.1 Å². The van der Waals surface area contributed by atoms with E-state index in [1.54, 1.807) is 25.1 Å². The first-order valence-electron chi connectivity index (χ1n) is 11.7. The normalized spacial score (nSPS) is 24.3. The average molecular weight is 465 g/mol. The van der Waals surface area contributed by atoms with Crippen LogP contribution in [0.15, 0.2) is 36.4 Å². The summed E-state index contributed by atoms with van der Waals surface area (Å²) < 4.78 is 16.4. The highest BCUT2D eigenvalue weighted by atomic mass is 16.7. The molecule has 4 aliphatic heterocycles. The minimum atomic E-state index is -1.13. The predicted octanol–water partition coefficient (Wildman–Crippen LogP) is 1.89. The number of nitrogens with one attached hydrogen (secondary N) is 1. The molecule has 0 saturated carbocycles. The summed E-state index contributed by atoms with van der Waals surface area (Å²) in [5.74, 6) is 1.99. The molecule has 0 radical (unpaired) electrons. The van der Waals surface area contributed by atoms with Crippen molar-refractivity contribution < 1.29 is 23.8 Å². The van der Waals surface area contributed by atoms with Crippen LogP contribution in [0.2, 0.25) is 0 Å². The number of ether oxygens (including phenoxy) is 3. The summed E-state index contributed by atoms with van der Waals surface area (Å²) in [5.41, 5.74) is 2.14. The molecule has 4 heterocycles. The Balaban J connectivity index is 1.07. The van der Waals surface area contributed by atoms with E-state index < -0.39 is 5.54 Å². The largest absolute Gasteiger partial charge is 0.493 e. The number of imide groups is 1. The number of fused-ring (bicyclic) bond motifs is 2. The van der Waals surface area contributed by atoms with Crippen molar-refractivity contribution in [1.29, 1.82) is 0 Å². The molecule has 2 aromatic carbocycles. The second-order valence-corrected chi connectivity index (χ2v) is 9.43. The number of hydrogen-bond donors (Lipinski definition) is 1. The van der Waals surface area contributed by atoms with Crippen molar-refractivity contribution in [3.05, 3.63) is 53.1 Å². The van der Waals surface area contributed by atoms with Gasteiger partial charge >= 0.3 is 6.03 Å². The molecule has 0 aliphatic carbocycles. The number of carbonyl (C=O) groups is 2. The lowest BCUT2D eigenvalue weighted by Gasteiger charge is -2.36. The number of rotatable bonds is 5. The minimum Gasteiger partial charge on any atom is -0.493 e. The number of benzene rings is 2. The second kappa shape index (κ2) is 8.18. The number of urea groups is 1. The molecule has 0 unspecified atom stereocenters. The second-order valence-electron chi connectivity index (χ2n) is 9.43. The third-order valence-corrected chi connectivity index (χ3v) is 7.19. The van der Waals surface area contributed by atoms with Gasteiger partial charge in [-0.05, 0) is 41.8 Å². The molecule has 0 aromatic heterocycles. The Bertz CT molecular complexity index is 1150. The van der Waals surface area contributed by atoms with Gasteiger partial charge in [0.1, 0.15) is 11.3 Å². The maximum atomic E-state index is 13.3. The van der Waals surface area contributed by atoms with E-state index in [4.69, 9.17) is 14.2 Å². The van der Waals surface area contributed by atoms with Gasteiger partial charge in [0.2, 0.25) is 6.79 Å². The fourth-order valence-corrected chi connectivity index (χ4v) is 5.11. The Hall–Kier alpha value is -3.30. The molecule has 1 N–H and O–H groups in total. The molecule has 9 nitrogen and oxygen atoms in total. The molecule has 34 heavy (non-hydrogen) atoms. The van der Waals surface area contributed by atoms with Crippen molar-refractivity contribution in [3.8, 4) is 17.2 Å². The molecule has 2 saturated heterocycles. The molecule has 0 spiro atoms. The molecule has 2 aromatic rings. The third-order valence-electron chi connectivity index (χ3n) is 7.19. The lowest BCUT2D eigenvalue weighted by Crippen LogP contribution is -2.51. The highest BCUT2D eigenvalue weighted by Gasteiger charge is 2.49. The smallest absolute Gasteiger partial charge is 0.326 e. The van der Waals surface area contributed by atoms with Crippen molar-refractivity contribution in [2.45, 2.75) is 25.4 Å². The van der Waals surface area contributed by atoms with E-state index in [-0.39, 0.29) is 25.4 Å². The molecule has 178 valence electrons. The molecule has 3 amide bonds. The molecule has 0 bridgehead atoms. The van der Waals surface area contributed by atoms with Crippen molar-refractivity contribution in [1.82, 2.24) is 20.0 Å². The quantitative estimate of drug-likeness (QED) is 0.677. The van der Waals surface area contributed by atoms with Crippen LogP contribution in [0, 0.1) is 0 Å². The fraction of sp³-hybridized carbons (Fsp3) is 0.440. The molecule has 4 aliphatic rings. The standard InChI is InChI=1S/C25H28N4O5/c1-25(19-3-5-21-22(13-19)34-16-33-21)23(30)29(24(31)26-25)15-28-9-7-27(8-10-28)14-17-2-4-20-18(12-17)6-11-32-20/h2-5,12-13H,6-11,14-16H2,1H3,(H,26,31)/t25-/m0/s1. The first-order chi connectivity index (χ1) is 16.5. The number of amides is 3. The van der Waals surface area contributed by atoms with Crippen LogP contribution in [0.4, 0.5) is 4.79 Å². The lowest BCUT2D eigenvalue weighted by molar-refractivity contribution is -0.132. The van der Waals surface area contributed by atoms with Crippen molar-refractivity contribution in [2.75, 3.05) is 46.2 Å². The number of hydrogen-bond acceptors (Lipinski definition) is 7.